The van der Waals surface area contributed by atoms with Gasteiger partial charge in [-0.15, -0.1) is 0 Å². The average Bonchev–Trinajstić information content (AvgIpc) is 3.20. The molecule has 1 aliphatic carbocycles. The van der Waals surface area contributed by atoms with Crippen LogP contribution in [0.5, 0.6) is 0 Å². The molecule has 3 rings (SSSR count). The van der Waals surface area contributed by atoms with Crippen molar-refractivity contribution in [3.05, 3.63) is 35.6 Å². The third kappa shape index (κ3) is 6.27. The molecule has 1 aromatic rings. The number of nitrogens with zero attached hydrogens (tertiary/aromatic N) is 2. The van der Waals surface area contributed by atoms with Gasteiger partial charge >= 0.3 is 0 Å². The number of hydrogen-bond acceptors (Lipinski definition) is 3. The zero-order valence-electron chi connectivity index (χ0n) is 18.6. The van der Waals surface area contributed by atoms with Crippen LogP contribution in [-0.2, 0) is 16.1 Å². The van der Waals surface area contributed by atoms with Crippen molar-refractivity contribution in [2.75, 3.05) is 26.2 Å². The fourth-order valence-corrected chi connectivity index (χ4v) is 4.71. The van der Waals surface area contributed by atoms with Crippen molar-refractivity contribution in [1.82, 2.24) is 15.1 Å². The lowest BCUT2D eigenvalue weighted by molar-refractivity contribution is -0.136. The molecule has 1 saturated heterocycles. The maximum absolute atomic E-state index is 13.4. The zero-order chi connectivity index (χ0) is 21.7. The topological polar surface area (TPSA) is 52.7 Å². The summed E-state index contributed by atoms with van der Waals surface area (Å²) in [6.07, 6.45) is 5.03. The largest absolute Gasteiger partial charge is 0.351 e. The van der Waals surface area contributed by atoms with Crippen molar-refractivity contribution < 1.29 is 14.0 Å². The van der Waals surface area contributed by atoms with Crippen molar-refractivity contribution >= 4 is 11.8 Å². The third-order valence-corrected chi connectivity index (χ3v) is 6.21. The number of halogens is 1. The molecule has 0 unspecified atom stereocenters. The second kappa shape index (κ2) is 9.90. The van der Waals surface area contributed by atoms with E-state index in [0.717, 1.165) is 31.5 Å². The average molecular weight is 418 g/mol. The number of carbonyl (C=O) groups is 2. The van der Waals surface area contributed by atoms with E-state index in [1.54, 1.807) is 6.07 Å². The zero-order valence-corrected chi connectivity index (χ0v) is 18.6. The maximum atomic E-state index is 13.4. The van der Waals surface area contributed by atoms with E-state index >= 15 is 0 Å². The minimum absolute atomic E-state index is 0.0165. The van der Waals surface area contributed by atoms with Gasteiger partial charge in [-0.05, 0) is 41.9 Å². The summed E-state index contributed by atoms with van der Waals surface area (Å²) in [6.45, 7) is 9.39. The van der Waals surface area contributed by atoms with E-state index in [4.69, 9.17) is 0 Å². The summed E-state index contributed by atoms with van der Waals surface area (Å²) >= 11 is 0. The highest BCUT2D eigenvalue weighted by Gasteiger charge is 2.37. The Kier molecular flexibility index (Phi) is 7.50. The van der Waals surface area contributed by atoms with E-state index in [1.807, 2.05) is 11.0 Å². The van der Waals surface area contributed by atoms with Crippen molar-refractivity contribution in [2.45, 2.75) is 65.5 Å². The lowest BCUT2D eigenvalue weighted by Gasteiger charge is -2.41. The summed E-state index contributed by atoms with van der Waals surface area (Å²) in [6, 6.07) is 6.20. The van der Waals surface area contributed by atoms with Crippen LogP contribution in [0.25, 0.3) is 0 Å². The molecule has 30 heavy (non-hydrogen) atoms. The number of benzene rings is 1. The standard InChI is InChI=1S/C24H36FN3O2/c1-24(2,3)16-21(29)27-11-13-28(14-12-27)22(19-8-4-5-9-19)23(30)26-17-18-7-6-10-20(25)15-18/h6-7,10,15,19,22H,4-5,8-9,11-14,16-17H2,1-3H3,(H,26,30)/t22-/m1/s1. The van der Waals surface area contributed by atoms with E-state index in [-0.39, 0.29) is 29.1 Å². The summed E-state index contributed by atoms with van der Waals surface area (Å²) in [5.41, 5.74) is 0.753. The maximum Gasteiger partial charge on any atom is 0.237 e. The first-order chi connectivity index (χ1) is 14.2. The van der Waals surface area contributed by atoms with E-state index in [1.165, 1.54) is 25.0 Å². The predicted molar refractivity (Wildman–Crippen MR) is 116 cm³/mol. The number of piperazine rings is 1. The molecule has 1 saturated carbocycles. The van der Waals surface area contributed by atoms with Gasteiger partial charge < -0.3 is 10.2 Å². The van der Waals surface area contributed by atoms with Crippen LogP contribution in [0.2, 0.25) is 0 Å². The SMILES string of the molecule is CC(C)(C)CC(=O)N1CCN([C@@H](C(=O)NCc2cccc(F)c2)C2CCCC2)CC1. The van der Waals surface area contributed by atoms with Gasteiger partial charge in [-0.25, -0.2) is 4.39 Å². The summed E-state index contributed by atoms with van der Waals surface area (Å²) in [5, 5.41) is 3.04. The van der Waals surface area contributed by atoms with Crippen LogP contribution < -0.4 is 5.32 Å². The molecule has 1 heterocycles. The molecule has 166 valence electrons. The van der Waals surface area contributed by atoms with Crippen molar-refractivity contribution in [3.63, 3.8) is 0 Å². The molecule has 5 nitrogen and oxygen atoms in total. The fraction of sp³-hybridized carbons (Fsp3) is 0.667. The summed E-state index contributed by atoms with van der Waals surface area (Å²) < 4.78 is 13.4. The van der Waals surface area contributed by atoms with Gasteiger partial charge in [-0.3, -0.25) is 14.5 Å². The molecule has 1 N–H and O–H groups in total. The van der Waals surface area contributed by atoms with Crippen molar-refractivity contribution in [1.29, 1.82) is 0 Å². The Hall–Kier alpha value is -1.95. The number of amides is 2. The number of rotatable bonds is 6. The third-order valence-electron chi connectivity index (χ3n) is 6.21. The smallest absolute Gasteiger partial charge is 0.237 e. The molecule has 6 heteroatoms. The normalized spacial score (nSPS) is 19.7. The molecule has 0 spiro atoms. The lowest BCUT2D eigenvalue weighted by Crippen LogP contribution is -2.58. The van der Waals surface area contributed by atoms with Gasteiger partial charge in [0.1, 0.15) is 5.82 Å². The molecule has 2 amide bonds. The van der Waals surface area contributed by atoms with Crippen LogP contribution in [0.4, 0.5) is 4.39 Å². The van der Waals surface area contributed by atoms with Crippen LogP contribution in [-0.4, -0.2) is 53.8 Å². The summed E-state index contributed by atoms with van der Waals surface area (Å²) in [4.78, 5) is 29.9. The molecule has 0 bridgehead atoms. The second-order valence-corrected chi connectivity index (χ2v) is 9.99. The van der Waals surface area contributed by atoms with Crippen LogP contribution in [0, 0.1) is 17.2 Å². The molecule has 1 aliphatic heterocycles. The van der Waals surface area contributed by atoms with E-state index in [9.17, 15) is 14.0 Å². The van der Waals surface area contributed by atoms with E-state index < -0.39 is 0 Å². The van der Waals surface area contributed by atoms with Gasteiger partial charge in [0.05, 0.1) is 6.04 Å². The Balaban J connectivity index is 1.60. The number of nitrogens with one attached hydrogen (secondary N) is 1. The highest BCUT2D eigenvalue weighted by molar-refractivity contribution is 5.82. The van der Waals surface area contributed by atoms with Crippen LogP contribution >= 0.6 is 0 Å². The second-order valence-electron chi connectivity index (χ2n) is 9.99. The van der Waals surface area contributed by atoms with Crippen molar-refractivity contribution in [3.8, 4) is 0 Å². The van der Waals surface area contributed by atoms with Crippen LogP contribution in [0.3, 0.4) is 0 Å². The summed E-state index contributed by atoms with van der Waals surface area (Å²) in [5.74, 6) is 0.301. The van der Waals surface area contributed by atoms with Crippen molar-refractivity contribution in [2.24, 2.45) is 11.3 Å². The molecule has 0 aromatic heterocycles. The molecular weight excluding hydrogens is 381 g/mol. The Morgan fingerprint density at radius 1 is 1.13 bits per heavy atom. The van der Waals surface area contributed by atoms with Gasteiger partial charge in [0, 0.05) is 39.1 Å². The Morgan fingerprint density at radius 2 is 1.80 bits per heavy atom. The van der Waals surface area contributed by atoms with E-state index in [2.05, 4.69) is 31.0 Å². The van der Waals surface area contributed by atoms with Crippen LogP contribution in [0.15, 0.2) is 24.3 Å². The molecule has 1 atom stereocenters. The molecule has 2 aliphatic rings. The fourth-order valence-electron chi connectivity index (χ4n) is 4.71. The quantitative estimate of drug-likeness (QED) is 0.770. The summed E-state index contributed by atoms with van der Waals surface area (Å²) in [7, 11) is 0. The van der Waals surface area contributed by atoms with Gasteiger partial charge in [-0.1, -0.05) is 45.7 Å². The van der Waals surface area contributed by atoms with Gasteiger partial charge in [0.15, 0.2) is 0 Å². The first-order valence-corrected chi connectivity index (χ1v) is 11.3. The minimum Gasteiger partial charge on any atom is -0.351 e. The van der Waals surface area contributed by atoms with Gasteiger partial charge in [0.25, 0.3) is 0 Å². The lowest BCUT2D eigenvalue weighted by atomic mass is 9.91. The molecule has 0 radical (unpaired) electrons. The first kappa shape index (κ1) is 22.7. The molecular formula is C24H36FN3O2. The van der Waals surface area contributed by atoms with E-state index in [0.29, 0.717) is 32.0 Å². The number of carbonyl (C=O) groups excluding carboxylic acids is 2. The first-order valence-electron chi connectivity index (χ1n) is 11.3. The Labute approximate surface area is 180 Å². The van der Waals surface area contributed by atoms with Gasteiger partial charge in [-0.2, -0.15) is 0 Å². The minimum atomic E-state index is -0.287. The van der Waals surface area contributed by atoms with Gasteiger partial charge in [0.2, 0.25) is 11.8 Å². The predicted octanol–water partition coefficient (Wildman–Crippen LogP) is 3.58. The van der Waals surface area contributed by atoms with Crippen LogP contribution in [0.1, 0.15) is 58.4 Å². The molecule has 2 fully saturated rings. The highest BCUT2D eigenvalue weighted by atomic mass is 19.1. The Morgan fingerprint density at radius 3 is 2.40 bits per heavy atom. The monoisotopic (exact) mass is 417 g/mol. The Bertz CT molecular complexity index is 732. The highest BCUT2D eigenvalue weighted by Crippen LogP contribution is 2.31. The molecule has 1 aromatic carbocycles. The number of hydrogen-bond donors (Lipinski definition) is 1.